The lowest BCUT2D eigenvalue weighted by Crippen LogP contribution is -2.54. The van der Waals surface area contributed by atoms with Crippen LogP contribution in [0.2, 0.25) is 0 Å². The molecule has 0 fully saturated rings. The SMILES string of the molecule is COc1ccc(C[C@H](N)C(=O)NCC(=O)NCC(=O)N[C@H](Cc2c[nH]c3ccccc23)C(=O)N[C@@H](CCSC)C(=O)O)cc1. The highest BCUT2D eigenvalue weighted by atomic mass is 32.2. The summed E-state index contributed by atoms with van der Waals surface area (Å²) in [6, 6.07) is 11.4. The van der Waals surface area contributed by atoms with Crippen molar-refractivity contribution in [1.29, 1.82) is 0 Å². The average molecular weight is 627 g/mol. The lowest BCUT2D eigenvalue weighted by molar-refractivity contribution is -0.142. The molecule has 1 aromatic heterocycles. The van der Waals surface area contributed by atoms with E-state index in [-0.39, 0.29) is 19.3 Å². The van der Waals surface area contributed by atoms with E-state index in [1.165, 1.54) is 11.8 Å². The van der Waals surface area contributed by atoms with Crippen LogP contribution in [-0.2, 0) is 36.8 Å². The van der Waals surface area contributed by atoms with E-state index < -0.39 is 60.8 Å². The molecule has 0 saturated heterocycles. The van der Waals surface area contributed by atoms with Crippen LogP contribution in [0.5, 0.6) is 5.75 Å². The molecule has 8 N–H and O–H groups in total. The first-order valence-corrected chi connectivity index (χ1v) is 15.3. The molecule has 1 heterocycles. The molecule has 0 spiro atoms. The summed E-state index contributed by atoms with van der Waals surface area (Å²) in [5.41, 5.74) is 8.37. The quantitative estimate of drug-likeness (QED) is 0.110. The van der Waals surface area contributed by atoms with Crippen molar-refractivity contribution in [2.45, 2.75) is 37.4 Å². The van der Waals surface area contributed by atoms with Gasteiger partial charge in [0, 0.05) is 23.5 Å². The zero-order valence-electron chi connectivity index (χ0n) is 24.6. The minimum Gasteiger partial charge on any atom is -0.497 e. The molecule has 3 atom stereocenters. The summed E-state index contributed by atoms with van der Waals surface area (Å²) in [6.45, 7) is -0.878. The summed E-state index contributed by atoms with van der Waals surface area (Å²) in [6.07, 6.45) is 4.09. The van der Waals surface area contributed by atoms with E-state index in [1.54, 1.807) is 37.6 Å². The Labute approximate surface area is 259 Å². The molecule has 13 nitrogen and oxygen atoms in total. The number of nitrogens with two attached hydrogens (primary N) is 1. The van der Waals surface area contributed by atoms with Gasteiger partial charge in [0.2, 0.25) is 23.6 Å². The van der Waals surface area contributed by atoms with Crippen LogP contribution in [0, 0.1) is 0 Å². The van der Waals surface area contributed by atoms with E-state index in [2.05, 4.69) is 26.3 Å². The van der Waals surface area contributed by atoms with Gasteiger partial charge in [0.25, 0.3) is 0 Å². The summed E-state index contributed by atoms with van der Waals surface area (Å²) in [4.78, 5) is 65.5. The number of amides is 4. The second kappa shape index (κ2) is 16.9. The Bertz CT molecular complexity index is 1450. The number of benzene rings is 2. The summed E-state index contributed by atoms with van der Waals surface area (Å²) >= 11 is 1.45. The maximum Gasteiger partial charge on any atom is 0.326 e. The predicted octanol–water partition coefficient (Wildman–Crippen LogP) is 0.329. The Hall–Kier alpha value is -4.56. The van der Waals surface area contributed by atoms with Crippen molar-refractivity contribution >= 4 is 52.3 Å². The molecular weight excluding hydrogens is 588 g/mol. The maximum absolute atomic E-state index is 13.2. The molecule has 236 valence electrons. The molecule has 0 bridgehead atoms. The first kappa shape index (κ1) is 33.9. The highest BCUT2D eigenvalue weighted by Gasteiger charge is 2.27. The number of para-hydroxylation sites is 1. The molecule has 14 heteroatoms. The van der Waals surface area contributed by atoms with Gasteiger partial charge in [-0.15, -0.1) is 0 Å². The molecule has 0 saturated carbocycles. The van der Waals surface area contributed by atoms with Crippen LogP contribution < -0.4 is 31.7 Å². The summed E-state index contributed by atoms with van der Waals surface area (Å²) in [5.74, 6) is -2.49. The molecular formula is C30H38N6O7S. The van der Waals surface area contributed by atoms with E-state index in [4.69, 9.17) is 10.5 Å². The number of aliphatic carboxylic acids is 1. The van der Waals surface area contributed by atoms with Gasteiger partial charge in [0.1, 0.15) is 17.8 Å². The summed E-state index contributed by atoms with van der Waals surface area (Å²) < 4.78 is 5.11. The van der Waals surface area contributed by atoms with Gasteiger partial charge < -0.3 is 41.8 Å². The molecule has 44 heavy (non-hydrogen) atoms. The number of rotatable bonds is 17. The Morgan fingerprint density at radius 1 is 0.909 bits per heavy atom. The minimum atomic E-state index is -1.18. The Balaban J connectivity index is 1.55. The topological polar surface area (TPSA) is 205 Å². The summed E-state index contributed by atoms with van der Waals surface area (Å²) in [5, 5.41) is 20.4. The zero-order valence-corrected chi connectivity index (χ0v) is 25.4. The van der Waals surface area contributed by atoms with Crippen molar-refractivity contribution in [3.63, 3.8) is 0 Å². The third kappa shape index (κ3) is 10.3. The van der Waals surface area contributed by atoms with Crippen LogP contribution in [0.15, 0.2) is 54.7 Å². The maximum atomic E-state index is 13.2. The van der Waals surface area contributed by atoms with E-state index in [0.717, 1.165) is 22.0 Å². The van der Waals surface area contributed by atoms with E-state index in [0.29, 0.717) is 11.5 Å². The predicted molar refractivity (Wildman–Crippen MR) is 167 cm³/mol. The fraction of sp³-hybridized carbons (Fsp3) is 0.367. The average Bonchev–Trinajstić information content (AvgIpc) is 3.43. The summed E-state index contributed by atoms with van der Waals surface area (Å²) in [7, 11) is 1.55. The number of hydrogen-bond donors (Lipinski definition) is 7. The first-order valence-electron chi connectivity index (χ1n) is 13.9. The van der Waals surface area contributed by atoms with Gasteiger partial charge in [-0.25, -0.2) is 4.79 Å². The van der Waals surface area contributed by atoms with Crippen molar-refractivity contribution in [3.05, 3.63) is 65.9 Å². The number of nitrogens with one attached hydrogen (secondary N) is 5. The van der Waals surface area contributed by atoms with E-state index in [9.17, 15) is 29.1 Å². The van der Waals surface area contributed by atoms with E-state index in [1.807, 2.05) is 30.5 Å². The number of thioether (sulfide) groups is 1. The third-order valence-electron chi connectivity index (χ3n) is 6.80. The second-order valence-corrected chi connectivity index (χ2v) is 11.0. The van der Waals surface area contributed by atoms with Crippen LogP contribution in [0.3, 0.4) is 0 Å². The van der Waals surface area contributed by atoms with Gasteiger partial charge >= 0.3 is 5.97 Å². The molecule has 0 unspecified atom stereocenters. The number of ether oxygens (including phenoxy) is 1. The highest BCUT2D eigenvalue weighted by Crippen LogP contribution is 2.19. The Morgan fingerprint density at radius 2 is 1.61 bits per heavy atom. The normalized spacial score (nSPS) is 12.9. The van der Waals surface area contributed by atoms with Crippen molar-refractivity contribution in [1.82, 2.24) is 26.3 Å². The van der Waals surface area contributed by atoms with Crippen molar-refractivity contribution in [3.8, 4) is 5.75 Å². The Kier molecular flexibility index (Phi) is 13.0. The van der Waals surface area contributed by atoms with Gasteiger partial charge in [-0.05, 0) is 54.2 Å². The number of carbonyl (C=O) groups is 5. The van der Waals surface area contributed by atoms with Crippen LogP contribution in [-0.4, -0.2) is 90.0 Å². The minimum absolute atomic E-state index is 0.0759. The number of hydrogen-bond acceptors (Lipinski definition) is 8. The van der Waals surface area contributed by atoms with Crippen LogP contribution in [0.4, 0.5) is 0 Å². The molecule has 0 aliphatic heterocycles. The molecule has 0 aliphatic rings. The fourth-order valence-corrected chi connectivity index (χ4v) is 4.86. The van der Waals surface area contributed by atoms with Gasteiger partial charge in [-0.1, -0.05) is 30.3 Å². The van der Waals surface area contributed by atoms with Gasteiger partial charge in [-0.3, -0.25) is 19.2 Å². The van der Waals surface area contributed by atoms with Crippen molar-refractivity contribution in [2.75, 3.05) is 32.2 Å². The molecule has 0 aliphatic carbocycles. The molecule has 4 amide bonds. The number of aromatic nitrogens is 1. The van der Waals surface area contributed by atoms with Crippen LogP contribution in [0.1, 0.15) is 17.5 Å². The second-order valence-electron chi connectivity index (χ2n) is 10.0. The number of carboxylic acids is 1. The first-order chi connectivity index (χ1) is 21.1. The Morgan fingerprint density at radius 3 is 2.30 bits per heavy atom. The monoisotopic (exact) mass is 626 g/mol. The zero-order chi connectivity index (χ0) is 32.1. The van der Waals surface area contributed by atoms with Crippen molar-refractivity contribution in [2.24, 2.45) is 5.73 Å². The number of methoxy groups -OCH3 is 1. The highest BCUT2D eigenvalue weighted by molar-refractivity contribution is 7.98. The number of fused-ring (bicyclic) bond motifs is 1. The van der Waals surface area contributed by atoms with Crippen molar-refractivity contribution < 1.29 is 33.8 Å². The third-order valence-corrected chi connectivity index (χ3v) is 7.44. The smallest absolute Gasteiger partial charge is 0.326 e. The lowest BCUT2D eigenvalue weighted by Gasteiger charge is -2.21. The fourth-order valence-electron chi connectivity index (χ4n) is 4.39. The van der Waals surface area contributed by atoms with E-state index >= 15 is 0 Å². The number of H-pyrrole nitrogens is 1. The van der Waals surface area contributed by atoms with Gasteiger partial charge in [-0.2, -0.15) is 11.8 Å². The number of carbonyl (C=O) groups excluding carboxylic acids is 4. The number of aromatic amines is 1. The van der Waals surface area contributed by atoms with Crippen LogP contribution >= 0.6 is 11.8 Å². The van der Waals surface area contributed by atoms with Gasteiger partial charge in [0.15, 0.2) is 0 Å². The van der Waals surface area contributed by atoms with Gasteiger partial charge in [0.05, 0.1) is 26.2 Å². The molecule has 0 radical (unpaired) electrons. The number of carboxylic acid groups (broad SMARTS) is 1. The van der Waals surface area contributed by atoms with Crippen LogP contribution in [0.25, 0.3) is 10.9 Å². The standard InChI is InChI=1S/C30H38N6O7S/c1-43-20-9-7-18(8-10-20)13-22(31)28(39)34-16-26(37)33-17-27(38)35-25(29(40)36-24(30(41)42)11-12-44-2)14-19-15-32-23-6-4-3-5-21(19)23/h3-10,15,22,24-25,32H,11-14,16-17,31H2,1-2H3,(H,33,37)(H,34,39)(H,35,38)(H,36,40)(H,41,42)/t22-,24-,25+/m0/s1. The molecule has 3 aromatic rings. The largest absolute Gasteiger partial charge is 0.497 e. The molecule has 3 rings (SSSR count). The molecule has 2 aromatic carbocycles. The lowest BCUT2D eigenvalue weighted by atomic mass is 10.0.